The number of amides is 1. The number of carbonyl (C=O) groups excluding carboxylic acids is 4. The summed E-state index contributed by atoms with van der Waals surface area (Å²) in [6.07, 6.45) is -2.77. The molecule has 2 atom stereocenters. The number of para-hydroxylation sites is 1. The van der Waals surface area contributed by atoms with Gasteiger partial charge in [-0.1, -0.05) is 12.1 Å². The molecule has 4 aromatic rings. The minimum atomic E-state index is -4.25. The summed E-state index contributed by atoms with van der Waals surface area (Å²) >= 11 is 0. The van der Waals surface area contributed by atoms with Gasteiger partial charge in [0.15, 0.2) is 11.2 Å². The Morgan fingerprint density at radius 2 is 1.49 bits per heavy atom. The molecule has 0 aliphatic carbocycles. The van der Waals surface area contributed by atoms with Gasteiger partial charge in [0, 0.05) is 17.7 Å². The molecule has 0 spiro atoms. The molecule has 0 saturated heterocycles. The molecule has 25 nitrogen and oxygen atoms in total. The van der Waals surface area contributed by atoms with Crippen molar-refractivity contribution in [3.8, 4) is 5.75 Å². The molecule has 2 aromatic carbocycles. The fourth-order valence-electron chi connectivity index (χ4n) is 5.28. The number of carbonyl (C=O) groups is 5. The number of fused-ring (bicyclic) bond motifs is 1. The first-order valence-electron chi connectivity index (χ1n) is 19.7. The van der Waals surface area contributed by atoms with Crippen LogP contribution in [-0.4, -0.2) is 107 Å². The van der Waals surface area contributed by atoms with E-state index in [1.807, 2.05) is 0 Å². The van der Waals surface area contributed by atoms with Crippen LogP contribution in [0, 0.1) is 0 Å². The molecule has 0 saturated carbocycles. The third-order valence-corrected chi connectivity index (χ3v) is 11.4. The number of esters is 2. The fourth-order valence-corrected chi connectivity index (χ4v) is 7.80. The number of aromatic amines is 1. The number of carboxylic acids is 1. The van der Waals surface area contributed by atoms with Crippen LogP contribution >= 0.6 is 15.6 Å². The van der Waals surface area contributed by atoms with Gasteiger partial charge >= 0.3 is 39.7 Å². The van der Waals surface area contributed by atoms with Crippen molar-refractivity contribution in [2.45, 2.75) is 59.2 Å². The Kier molecular flexibility index (Phi) is 19.6. The lowest BCUT2D eigenvalue weighted by Crippen LogP contribution is -2.41. The number of nitrogen functional groups attached to an aromatic ring is 1. The average molecular weight is 952 g/mol. The Bertz CT molecular complexity index is 2440. The van der Waals surface area contributed by atoms with E-state index in [0.29, 0.717) is 11.4 Å². The third-order valence-electron chi connectivity index (χ3n) is 8.09. The van der Waals surface area contributed by atoms with E-state index in [0.717, 1.165) is 0 Å². The Morgan fingerprint density at radius 3 is 2.14 bits per heavy atom. The van der Waals surface area contributed by atoms with Crippen LogP contribution in [-0.2, 0) is 61.9 Å². The van der Waals surface area contributed by atoms with E-state index in [1.54, 1.807) is 13.8 Å². The van der Waals surface area contributed by atoms with Gasteiger partial charge in [0.05, 0.1) is 51.5 Å². The van der Waals surface area contributed by atoms with Gasteiger partial charge in [0.2, 0.25) is 5.95 Å². The molecule has 0 radical (unpaired) electrons. The number of anilines is 2. The predicted molar refractivity (Wildman–Crippen MR) is 226 cm³/mol. The molecule has 2 heterocycles. The Morgan fingerprint density at radius 1 is 0.846 bits per heavy atom. The van der Waals surface area contributed by atoms with Gasteiger partial charge in [-0.2, -0.15) is 4.98 Å². The van der Waals surface area contributed by atoms with E-state index < -0.39 is 95.1 Å². The highest BCUT2D eigenvalue weighted by Crippen LogP contribution is 2.52. The summed E-state index contributed by atoms with van der Waals surface area (Å²) in [6.45, 7) is 4.65. The lowest BCUT2D eigenvalue weighted by molar-refractivity contribution is -0.141. The van der Waals surface area contributed by atoms with Crippen molar-refractivity contribution >= 4 is 68.4 Å². The predicted octanol–water partition coefficient (Wildman–Crippen LogP) is 4.53. The van der Waals surface area contributed by atoms with Gasteiger partial charge in [-0.15, -0.1) is 0 Å². The Hall–Kier alpha value is -6.17. The highest BCUT2D eigenvalue weighted by Gasteiger charge is 2.35. The molecule has 0 aliphatic heterocycles. The molecule has 1 unspecified atom stereocenters. The summed E-state index contributed by atoms with van der Waals surface area (Å²) in [6, 6.07) is 9.46. The highest BCUT2D eigenvalue weighted by molar-refractivity contribution is 7.48. The first-order valence-corrected chi connectivity index (χ1v) is 22.6. The Labute approximate surface area is 370 Å². The van der Waals surface area contributed by atoms with Crippen LogP contribution < -0.4 is 26.7 Å². The number of hydrogen-bond acceptors (Lipinski definition) is 22. The first kappa shape index (κ1) is 51.5. The van der Waals surface area contributed by atoms with Crippen LogP contribution in [0.4, 0.5) is 16.4 Å². The van der Waals surface area contributed by atoms with Crippen molar-refractivity contribution in [1.29, 1.82) is 0 Å². The number of H-pyrrole nitrogens is 1. The fraction of sp³-hybridized carbons (Fsp3) is 0.395. The second-order valence-electron chi connectivity index (χ2n) is 12.8. The normalized spacial score (nSPS) is 12.5. The van der Waals surface area contributed by atoms with Gasteiger partial charge < -0.3 is 35.7 Å². The quantitative estimate of drug-likeness (QED) is 0.0250. The molecule has 0 aliphatic rings. The van der Waals surface area contributed by atoms with Crippen molar-refractivity contribution in [2.75, 3.05) is 50.7 Å². The second kappa shape index (κ2) is 24.8. The number of rotatable bonds is 26. The van der Waals surface area contributed by atoms with E-state index in [2.05, 4.69) is 35.3 Å². The number of nitrogens with two attached hydrogens (primary N) is 1. The van der Waals surface area contributed by atoms with Gasteiger partial charge in [0.25, 0.3) is 11.5 Å². The van der Waals surface area contributed by atoms with E-state index in [9.17, 15) is 43.0 Å². The summed E-state index contributed by atoms with van der Waals surface area (Å²) in [5.41, 5.74) is 5.73. The standard InChI is InChI=1S/C38H47N7O18P2/c1-5-56-64(53,57-6-2)60-22-26(63-65(54,58-7-3)59-8-4)21-55-36(51)27-11-9-10-12-29(27)61-38(52)62-30(46)18-17-28(35(49)50)43-33(47)23-13-15-24(16-14-23)40-19-25-20-41-32-31(42-25)34(48)45-37(39)44-32/h9-16,20,26,28,40H,5-8,17-19,21-22H2,1-4H3,(H,43,47)(H,49,50)(H3,39,41,44,45,48)/t26?,28-/m1/s1. The summed E-state index contributed by atoms with van der Waals surface area (Å²) < 4.78 is 72.4. The van der Waals surface area contributed by atoms with E-state index in [4.69, 9.17) is 42.3 Å². The summed E-state index contributed by atoms with van der Waals surface area (Å²) in [5, 5.41) is 15.1. The molecule has 27 heteroatoms. The van der Waals surface area contributed by atoms with Gasteiger partial charge in [-0.05, 0) is 70.5 Å². The maximum Gasteiger partial charge on any atom is 0.521 e. The molecule has 0 bridgehead atoms. The van der Waals surface area contributed by atoms with Gasteiger partial charge in [-0.25, -0.2) is 33.5 Å². The molecule has 0 fully saturated rings. The van der Waals surface area contributed by atoms with Crippen molar-refractivity contribution < 1.29 is 79.6 Å². The van der Waals surface area contributed by atoms with Crippen LogP contribution in [0.1, 0.15) is 66.9 Å². The number of hydrogen-bond donors (Lipinski definition) is 5. The molecule has 6 N–H and O–H groups in total. The van der Waals surface area contributed by atoms with Crippen LogP contribution in [0.3, 0.4) is 0 Å². The Balaban J connectivity index is 1.30. The molecular formula is C38H47N7O18P2. The lowest BCUT2D eigenvalue weighted by atomic mass is 10.1. The van der Waals surface area contributed by atoms with E-state index >= 15 is 0 Å². The number of phosphoric ester groups is 2. The number of carboxylic acid groups (broad SMARTS) is 1. The number of nitrogens with zero attached hydrogens (tertiary/aromatic N) is 3. The molecular weight excluding hydrogens is 904 g/mol. The average Bonchev–Trinajstić information content (AvgIpc) is 3.25. The summed E-state index contributed by atoms with van der Waals surface area (Å²) in [5.74, 6) is -5.13. The van der Waals surface area contributed by atoms with Gasteiger partial charge in [-0.3, -0.25) is 46.5 Å². The SMILES string of the molecule is CCOP(=O)(OCC)OCC(COC(=O)c1ccccc1OC(=O)OC(=O)CC[C@@H](NC(=O)c1ccc(NCc2cnc3nc(N)[nH]c(=O)c3n2)cc1)C(=O)O)OP(=O)(OCC)OCC. The van der Waals surface area contributed by atoms with E-state index in [1.165, 1.54) is 68.6 Å². The zero-order chi connectivity index (χ0) is 47.6. The number of aliphatic carboxylic acids is 1. The van der Waals surface area contributed by atoms with Crippen LogP contribution in [0.2, 0.25) is 0 Å². The molecule has 352 valence electrons. The number of ether oxygens (including phenoxy) is 3. The number of aromatic nitrogens is 4. The summed E-state index contributed by atoms with van der Waals surface area (Å²) in [4.78, 5) is 90.0. The van der Waals surface area contributed by atoms with Crippen LogP contribution in [0.15, 0.2) is 59.5 Å². The molecule has 1 amide bonds. The van der Waals surface area contributed by atoms with E-state index in [-0.39, 0.29) is 61.2 Å². The van der Waals surface area contributed by atoms with Gasteiger partial charge in [0.1, 0.15) is 30.1 Å². The third kappa shape index (κ3) is 16.1. The lowest BCUT2D eigenvalue weighted by Gasteiger charge is -2.24. The molecule has 4 rings (SSSR count). The molecule has 65 heavy (non-hydrogen) atoms. The topological polar surface area (TPSA) is 344 Å². The van der Waals surface area contributed by atoms with Crippen molar-refractivity contribution in [1.82, 2.24) is 25.3 Å². The highest BCUT2D eigenvalue weighted by atomic mass is 31.2. The minimum Gasteiger partial charge on any atom is -0.480 e. The number of nitrogens with one attached hydrogen (secondary N) is 3. The molecule has 2 aromatic heterocycles. The largest absolute Gasteiger partial charge is 0.521 e. The van der Waals surface area contributed by atoms with Crippen LogP contribution in [0.5, 0.6) is 5.75 Å². The maximum atomic E-state index is 13.2. The maximum absolute atomic E-state index is 13.2. The van der Waals surface area contributed by atoms with Crippen molar-refractivity contribution in [3.05, 3.63) is 81.9 Å². The van der Waals surface area contributed by atoms with Crippen molar-refractivity contribution in [2.24, 2.45) is 0 Å². The monoisotopic (exact) mass is 951 g/mol. The number of phosphoric acid groups is 2. The number of benzene rings is 2. The van der Waals surface area contributed by atoms with Crippen LogP contribution in [0.25, 0.3) is 11.2 Å². The zero-order valence-corrected chi connectivity index (χ0v) is 37.2. The first-order chi connectivity index (χ1) is 31.0. The smallest absolute Gasteiger partial charge is 0.480 e. The zero-order valence-electron chi connectivity index (χ0n) is 35.4. The summed E-state index contributed by atoms with van der Waals surface area (Å²) in [7, 11) is -8.37. The second-order valence-corrected chi connectivity index (χ2v) is 16.1. The van der Waals surface area contributed by atoms with Crippen molar-refractivity contribution in [3.63, 3.8) is 0 Å². The minimum absolute atomic E-state index is 0.0000917.